The van der Waals surface area contributed by atoms with Crippen LogP contribution in [0.15, 0.2) is 47.4 Å². The summed E-state index contributed by atoms with van der Waals surface area (Å²) < 4.78 is 39.2. The van der Waals surface area contributed by atoms with E-state index in [0.29, 0.717) is 11.5 Å². The van der Waals surface area contributed by atoms with Crippen molar-refractivity contribution in [2.75, 3.05) is 25.1 Å². The first kappa shape index (κ1) is 24.9. The average Bonchev–Trinajstić information content (AvgIpc) is 2.79. The fraction of sp³-hybridized carbons (Fsp3) is 0.480. The van der Waals surface area contributed by atoms with Gasteiger partial charge in [-0.15, -0.1) is 0 Å². The van der Waals surface area contributed by atoms with Gasteiger partial charge in [-0.25, -0.2) is 8.42 Å². The Labute approximate surface area is 197 Å². The highest BCUT2D eigenvalue weighted by atomic mass is 32.2. The summed E-state index contributed by atoms with van der Waals surface area (Å²) in [6.45, 7) is 1.54. The zero-order valence-corrected chi connectivity index (χ0v) is 20.5. The molecule has 0 atom stereocenters. The lowest BCUT2D eigenvalue weighted by atomic mass is 9.97. The van der Waals surface area contributed by atoms with Crippen molar-refractivity contribution in [1.82, 2.24) is 5.32 Å². The molecule has 180 valence electrons. The van der Waals surface area contributed by atoms with Crippen molar-refractivity contribution in [3.8, 4) is 11.5 Å². The SMILES string of the molecule is COc1ccc(OC)c(N(CC(=O)NC2CCCCCCC2)S(=O)(=O)c2ccc(C)cc2)c1. The number of sulfonamides is 1. The Morgan fingerprint density at radius 1 is 0.970 bits per heavy atom. The molecule has 33 heavy (non-hydrogen) atoms. The molecule has 7 nitrogen and oxygen atoms in total. The van der Waals surface area contributed by atoms with Gasteiger partial charge in [-0.2, -0.15) is 0 Å². The highest BCUT2D eigenvalue weighted by molar-refractivity contribution is 7.92. The van der Waals surface area contributed by atoms with E-state index in [0.717, 1.165) is 35.6 Å². The number of amides is 1. The molecule has 1 amide bonds. The largest absolute Gasteiger partial charge is 0.497 e. The second-order valence-electron chi connectivity index (χ2n) is 8.47. The van der Waals surface area contributed by atoms with Crippen LogP contribution >= 0.6 is 0 Å². The van der Waals surface area contributed by atoms with Crippen molar-refractivity contribution in [1.29, 1.82) is 0 Å². The Hall–Kier alpha value is -2.74. The third-order valence-corrected chi connectivity index (χ3v) is 7.80. The number of carbonyl (C=O) groups excluding carboxylic acids is 1. The molecule has 0 radical (unpaired) electrons. The van der Waals surface area contributed by atoms with Crippen LogP contribution in [0.1, 0.15) is 50.5 Å². The summed E-state index contributed by atoms with van der Waals surface area (Å²) in [7, 11) is -1.07. The quantitative estimate of drug-likeness (QED) is 0.612. The van der Waals surface area contributed by atoms with Gasteiger partial charge in [0.25, 0.3) is 10.0 Å². The van der Waals surface area contributed by atoms with Crippen LogP contribution in [0, 0.1) is 6.92 Å². The van der Waals surface area contributed by atoms with E-state index in [4.69, 9.17) is 9.47 Å². The standard InChI is InChI=1S/C25H34N2O5S/c1-19-11-14-22(15-12-19)33(29,30)27(23-17-21(31-2)13-16-24(23)32-3)18-25(28)26-20-9-7-5-4-6-8-10-20/h11-17,20H,4-10,18H2,1-3H3,(H,26,28). The Bertz CT molecular complexity index is 1030. The van der Waals surface area contributed by atoms with Gasteiger partial charge < -0.3 is 14.8 Å². The van der Waals surface area contributed by atoms with Gasteiger partial charge >= 0.3 is 0 Å². The molecule has 0 aromatic heterocycles. The van der Waals surface area contributed by atoms with Gasteiger partial charge in [-0.05, 0) is 44.0 Å². The molecule has 0 aliphatic heterocycles. The highest BCUT2D eigenvalue weighted by Crippen LogP contribution is 2.35. The maximum Gasteiger partial charge on any atom is 0.264 e. The molecular formula is C25H34N2O5S. The summed E-state index contributed by atoms with van der Waals surface area (Å²) in [6.07, 6.45) is 7.54. The van der Waals surface area contributed by atoms with Crippen LogP contribution < -0.4 is 19.1 Å². The van der Waals surface area contributed by atoms with E-state index in [1.165, 1.54) is 33.5 Å². The van der Waals surface area contributed by atoms with E-state index in [2.05, 4.69) is 5.32 Å². The van der Waals surface area contributed by atoms with Crippen LogP contribution in [0.4, 0.5) is 5.69 Å². The molecular weight excluding hydrogens is 440 g/mol. The van der Waals surface area contributed by atoms with Crippen LogP contribution in [0.2, 0.25) is 0 Å². The third kappa shape index (κ3) is 6.41. The molecule has 0 unspecified atom stereocenters. The topological polar surface area (TPSA) is 84.9 Å². The van der Waals surface area contributed by atoms with Gasteiger partial charge in [0.15, 0.2) is 0 Å². The Balaban J connectivity index is 1.95. The zero-order chi connectivity index (χ0) is 23.8. The fourth-order valence-corrected chi connectivity index (χ4v) is 5.56. The summed E-state index contributed by atoms with van der Waals surface area (Å²) in [5.41, 5.74) is 1.20. The number of anilines is 1. The van der Waals surface area contributed by atoms with Crippen molar-refractivity contribution in [3.05, 3.63) is 48.0 Å². The number of hydrogen-bond donors (Lipinski definition) is 1. The molecule has 2 aromatic rings. The average molecular weight is 475 g/mol. The minimum absolute atomic E-state index is 0.0638. The summed E-state index contributed by atoms with van der Waals surface area (Å²) >= 11 is 0. The molecule has 3 rings (SSSR count). The molecule has 2 aromatic carbocycles. The Morgan fingerprint density at radius 3 is 2.21 bits per heavy atom. The number of aryl methyl sites for hydroxylation is 1. The van der Waals surface area contributed by atoms with Gasteiger partial charge in [0, 0.05) is 12.1 Å². The van der Waals surface area contributed by atoms with Gasteiger partial charge in [0.05, 0.1) is 24.8 Å². The number of methoxy groups -OCH3 is 2. The molecule has 0 spiro atoms. The molecule has 1 aliphatic carbocycles. The monoisotopic (exact) mass is 474 g/mol. The van der Waals surface area contributed by atoms with E-state index in [1.54, 1.807) is 42.5 Å². The van der Waals surface area contributed by atoms with Crippen LogP contribution in [-0.4, -0.2) is 41.1 Å². The van der Waals surface area contributed by atoms with Crippen LogP contribution in [0.5, 0.6) is 11.5 Å². The Morgan fingerprint density at radius 2 is 1.61 bits per heavy atom. The molecule has 1 fully saturated rings. The van der Waals surface area contributed by atoms with Crippen LogP contribution in [-0.2, 0) is 14.8 Å². The predicted molar refractivity (Wildman–Crippen MR) is 130 cm³/mol. The second kappa shape index (κ2) is 11.4. The molecule has 1 N–H and O–H groups in total. The van der Waals surface area contributed by atoms with Gasteiger partial charge in [0.1, 0.15) is 18.0 Å². The summed E-state index contributed by atoms with van der Waals surface area (Å²) in [6, 6.07) is 11.5. The maximum absolute atomic E-state index is 13.7. The first-order valence-corrected chi connectivity index (χ1v) is 12.9. The highest BCUT2D eigenvalue weighted by Gasteiger charge is 2.30. The maximum atomic E-state index is 13.7. The number of ether oxygens (including phenoxy) is 2. The molecule has 8 heteroatoms. The van der Waals surface area contributed by atoms with Gasteiger partial charge in [-0.1, -0.05) is 49.8 Å². The normalized spacial score (nSPS) is 15.2. The summed E-state index contributed by atoms with van der Waals surface area (Å²) in [5.74, 6) is 0.474. The molecule has 0 heterocycles. The first-order chi connectivity index (χ1) is 15.8. The van der Waals surface area contributed by atoms with Crippen molar-refractivity contribution >= 4 is 21.6 Å². The van der Waals surface area contributed by atoms with E-state index >= 15 is 0 Å². The van der Waals surface area contributed by atoms with E-state index in [1.807, 2.05) is 6.92 Å². The van der Waals surface area contributed by atoms with E-state index < -0.39 is 10.0 Å². The van der Waals surface area contributed by atoms with Crippen molar-refractivity contribution < 1.29 is 22.7 Å². The van der Waals surface area contributed by atoms with Crippen molar-refractivity contribution in [2.45, 2.75) is 62.8 Å². The number of benzene rings is 2. The van der Waals surface area contributed by atoms with E-state index in [-0.39, 0.29) is 29.1 Å². The van der Waals surface area contributed by atoms with E-state index in [9.17, 15) is 13.2 Å². The van der Waals surface area contributed by atoms with Crippen LogP contribution in [0.3, 0.4) is 0 Å². The zero-order valence-electron chi connectivity index (χ0n) is 19.7. The number of rotatable bonds is 8. The predicted octanol–water partition coefficient (Wildman–Crippen LogP) is 4.44. The molecule has 1 aliphatic rings. The minimum Gasteiger partial charge on any atom is -0.497 e. The number of nitrogens with one attached hydrogen (secondary N) is 1. The van der Waals surface area contributed by atoms with Gasteiger partial charge in [0.2, 0.25) is 5.91 Å². The first-order valence-electron chi connectivity index (χ1n) is 11.5. The number of nitrogens with zero attached hydrogens (tertiary/aromatic N) is 1. The number of carbonyl (C=O) groups is 1. The lowest BCUT2D eigenvalue weighted by Gasteiger charge is -2.27. The second-order valence-corrected chi connectivity index (χ2v) is 10.3. The van der Waals surface area contributed by atoms with Crippen molar-refractivity contribution in [2.24, 2.45) is 0 Å². The lowest BCUT2D eigenvalue weighted by Crippen LogP contribution is -2.44. The van der Waals surface area contributed by atoms with Crippen LogP contribution in [0.25, 0.3) is 0 Å². The smallest absolute Gasteiger partial charge is 0.264 e. The van der Waals surface area contributed by atoms with Crippen molar-refractivity contribution in [3.63, 3.8) is 0 Å². The lowest BCUT2D eigenvalue weighted by molar-refractivity contribution is -0.120. The minimum atomic E-state index is -4.04. The molecule has 0 saturated heterocycles. The molecule has 1 saturated carbocycles. The Kier molecular flexibility index (Phi) is 8.61. The summed E-state index contributed by atoms with van der Waals surface area (Å²) in [5, 5.41) is 3.07. The van der Waals surface area contributed by atoms with Gasteiger partial charge in [-0.3, -0.25) is 9.10 Å². The summed E-state index contributed by atoms with van der Waals surface area (Å²) in [4.78, 5) is 13.2. The fourth-order valence-electron chi connectivity index (χ4n) is 4.13. The third-order valence-electron chi connectivity index (χ3n) is 6.02. The number of hydrogen-bond acceptors (Lipinski definition) is 5. The molecule has 0 bridgehead atoms.